The van der Waals surface area contributed by atoms with Gasteiger partial charge in [-0.25, -0.2) is 4.79 Å². The van der Waals surface area contributed by atoms with Crippen LogP contribution in [0.2, 0.25) is 0 Å². The van der Waals surface area contributed by atoms with Gasteiger partial charge < -0.3 is 9.84 Å². The van der Waals surface area contributed by atoms with Crippen LogP contribution in [-0.2, 0) is 15.1 Å². The third-order valence-corrected chi connectivity index (χ3v) is 4.96. The largest absolute Gasteiger partial charge is 0.497 e. The summed E-state index contributed by atoms with van der Waals surface area (Å²) in [6.45, 7) is 2.21. The van der Waals surface area contributed by atoms with Crippen molar-refractivity contribution in [1.29, 1.82) is 0 Å². The highest BCUT2D eigenvalue weighted by molar-refractivity contribution is 7.74. The van der Waals surface area contributed by atoms with Crippen molar-refractivity contribution in [2.45, 2.75) is 77.6 Å². The predicted octanol–water partition coefficient (Wildman–Crippen LogP) is 5.13. The Hall–Kier alpha value is -1.82. The first-order valence-electron chi connectivity index (χ1n) is 9.80. The minimum absolute atomic E-state index is 0.155. The number of methoxy groups -OCH3 is 1. The number of carboxylic acids is 1. The quantitative estimate of drug-likeness (QED) is 0.368. The van der Waals surface area contributed by atoms with Crippen LogP contribution in [0.1, 0.15) is 77.6 Å². The molecular formula is C21H34O5S. The monoisotopic (exact) mass is 398 g/mol. The molecule has 0 aliphatic carbocycles. The molecule has 27 heavy (non-hydrogen) atoms. The third-order valence-electron chi connectivity index (χ3n) is 4.18. The van der Waals surface area contributed by atoms with Crippen LogP contribution in [0.4, 0.5) is 0 Å². The van der Waals surface area contributed by atoms with Crippen LogP contribution < -0.4 is 4.74 Å². The van der Waals surface area contributed by atoms with Gasteiger partial charge in [-0.05, 0) is 25.0 Å². The standard InChI is InChI=1S/C14H26O4S.C7H8O/c1-2-3-4-5-6-7-8-9-10-11-12-13(14(15)16)19(17)18;1-8-7-5-3-2-4-6-7/h2-12H2,1H3,(H,15,16);2-6H,1H3. The molecule has 0 saturated carbocycles. The van der Waals surface area contributed by atoms with Crippen molar-refractivity contribution in [1.82, 2.24) is 0 Å². The number of aliphatic carboxylic acids is 1. The van der Waals surface area contributed by atoms with E-state index in [2.05, 4.69) is 6.92 Å². The minimum atomic E-state index is -2.58. The Morgan fingerprint density at radius 1 is 0.889 bits per heavy atom. The van der Waals surface area contributed by atoms with Gasteiger partial charge in [-0.2, -0.15) is 8.42 Å². The van der Waals surface area contributed by atoms with Crippen molar-refractivity contribution in [3.05, 3.63) is 30.3 Å². The first-order chi connectivity index (χ1) is 13.0. The molecule has 0 aliphatic rings. The van der Waals surface area contributed by atoms with Crippen LogP contribution in [0.15, 0.2) is 30.3 Å². The second-order valence-electron chi connectivity index (χ2n) is 6.41. The van der Waals surface area contributed by atoms with Crippen LogP contribution in [0.3, 0.4) is 0 Å². The molecule has 0 aromatic heterocycles. The van der Waals surface area contributed by atoms with Crippen LogP contribution in [0.5, 0.6) is 5.75 Å². The smallest absolute Gasteiger partial charge is 0.347 e. The molecule has 1 aromatic carbocycles. The molecule has 0 bridgehead atoms. The summed E-state index contributed by atoms with van der Waals surface area (Å²) in [7, 11) is -0.918. The van der Waals surface area contributed by atoms with Crippen LogP contribution in [0.25, 0.3) is 0 Å². The van der Waals surface area contributed by atoms with Crippen molar-refractivity contribution < 1.29 is 23.1 Å². The van der Waals surface area contributed by atoms with Crippen molar-refractivity contribution in [2.75, 3.05) is 7.11 Å². The fourth-order valence-corrected chi connectivity index (χ4v) is 3.04. The number of carbonyl (C=O) groups is 1. The van der Waals surface area contributed by atoms with E-state index in [1.165, 1.54) is 38.5 Å². The molecule has 0 aliphatic heterocycles. The molecule has 0 saturated heterocycles. The van der Waals surface area contributed by atoms with E-state index in [0.717, 1.165) is 25.0 Å². The highest BCUT2D eigenvalue weighted by Gasteiger charge is 2.10. The Morgan fingerprint density at radius 3 is 1.74 bits per heavy atom. The topological polar surface area (TPSA) is 80.7 Å². The maximum Gasteiger partial charge on any atom is 0.347 e. The molecular weight excluding hydrogens is 364 g/mol. The molecule has 0 spiro atoms. The number of unbranched alkanes of at least 4 members (excludes halogenated alkanes) is 9. The third kappa shape index (κ3) is 15.0. The molecule has 0 radical (unpaired) electrons. The van der Waals surface area contributed by atoms with E-state index >= 15 is 0 Å². The Bertz CT molecular complexity index is 615. The number of hydrogen-bond acceptors (Lipinski definition) is 4. The van der Waals surface area contributed by atoms with E-state index in [9.17, 15) is 13.2 Å². The van der Waals surface area contributed by atoms with Crippen LogP contribution >= 0.6 is 0 Å². The Kier molecular flexibility index (Phi) is 16.4. The normalized spacial score (nSPS) is 9.85. The van der Waals surface area contributed by atoms with Gasteiger partial charge in [0.25, 0.3) is 0 Å². The molecule has 0 unspecified atom stereocenters. The summed E-state index contributed by atoms with van der Waals surface area (Å²) in [5, 5.41) is 8.66. The van der Waals surface area contributed by atoms with Gasteiger partial charge in [0.05, 0.1) is 7.11 Å². The number of ether oxygens (including phenoxy) is 1. The first kappa shape index (κ1) is 25.2. The summed E-state index contributed by atoms with van der Waals surface area (Å²) in [4.78, 5) is 10.2. The zero-order valence-corrected chi connectivity index (χ0v) is 17.5. The van der Waals surface area contributed by atoms with Crippen molar-refractivity contribution in [3.63, 3.8) is 0 Å². The molecule has 6 heteroatoms. The summed E-state index contributed by atoms with van der Waals surface area (Å²) >= 11 is 0. The molecule has 154 valence electrons. The Balaban J connectivity index is 0.000000694. The van der Waals surface area contributed by atoms with Crippen LogP contribution in [-0.4, -0.2) is 31.5 Å². The molecule has 0 fully saturated rings. The number of rotatable bonds is 13. The van der Waals surface area contributed by atoms with Gasteiger partial charge in [0.15, 0.2) is 4.86 Å². The van der Waals surface area contributed by atoms with E-state index in [1.54, 1.807) is 7.11 Å². The van der Waals surface area contributed by atoms with Gasteiger partial charge in [-0.1, -0.05) is 82.9 Å². The van der Waals surface area contributed by atoms with Gasteiger partial charge in [0.1, 0.15) is 5.75 Å². The second kappa shape index (κ2) is 17.6. The highest BCUT2D eigenvalue weighted by Crippen LogP contribution is 2.11. The number of para-hydroxylation sites is 1. The molecule has 0 atom stereocenters. The van der Waals surface area contributed by atoms with Gasteiger partial charge in [0, 0.05) is 0 Å². The number of carboxylic acid groups (broad SMARTS) is 1. The lowest BCUT2D eigenvalue weighted by atomic mass is 10.1. The van der Waals surface area contributed by atoms with Crippen molar-refractivity contribution >= 4 is 21.1 Å². The molecule has 1 aromatic rings. The number of hydrogen-bond donors (Lipinski definition) is 1. The fourth-order valence-electron chi connectivity index (χ4n) is 2.59. The predicted molar refractivity (Wildman–Crippen MR) is 111 cm³/mol. The van der Waals surface area contributed by atoms with Gasteiger partial charge in [-0.15, -0.1) is 0 Å². The van der Waals surface area contributed by atoms with Crippen molar-refractivity contribution in [3.8, 4) is 5.75 Å². The fraction of sp³-hybridized carbons (Fsp3) is 0.619. The van der Waals surface area contributed by atoms with E-state index in [4.69, 9.17) is 9.84 Å². The van der Waals surface area contributed by atoms with Gasteiger partial charge >= 0.3 is 5.97 Å². The average molecular weight is 399 g/mol. The lowest BCUT2D eigenvalue weighted by molar-refractivity contribution is -0.129. The van der Waals surface area contributed by atoms with E-state index < -0.39 is 16.3 Å². The lowest BCUT2D eigenvalue weighted by Crippen LogP contribution is -2.13. The van der Waals surface area contributed by atoms with Crippen molar-refractivity contribution in [2.24, 2.45) is 0 Å². The van der Waals surface area contributed by atoms with Crippen LogP contribution in [0, 0.1) is 0 Å². The maximum atomic E-state index is 10.6. The van der Waals surface area contributed by atoms with E-state index in [1.807, 2.05) is 30.3 Å². The van der Waals surface area contributed by atoms with E-state index in [-0.39, 0.29) is 11.3 Å². The Labute approximate surface area is 165 Å². The zero-order valence-electron chi connectivity index (χ0n) is 16.7. The molecule has 0 amide bonds. The number of benzene rings is 1. The summed E-state index contributed by atoms with van der Waals surface area (Å²) in [5.41, 5.74) is 0. The highest BCUT2D eigenvalue weighted by atomic mass is 32.2. The Morgan fingerprint density at radius 2 is 1.37 bits per heavy atom. The maximum absolute atomic E-state index is 10.6. The summed E-state index contributed by atoms with van der Waals surface area (Å²) in [5.74, 6) is -0.406. The molecule has 0 heterocycles. The average Bonchev–Trinajstić information content (AvgIpc) is 2.66. The molecule has 1 N–H and O–H groups in total. The first-order valence-corrected chi connectivity index (χ1v) is 10.9. The van der Waals surface area contributed by atoms with E-state index in [0.29, 0.717) is 6.42 Å². The summed E-state index contributed by atoms with van der Waals surface area (Å²) < 4.78 is 26.1. The zero-order chi connectivity index (χ0) is 20.3. The summed E-state index contributed by atoms with van der Waals surface area (Å²) in [6.07, 6.45) is 11.6. The minimum Gasteiger partial charge on any atom is -0.497 e. The molecule has 1 rings (SSSR count). The summed E-state index contributed by atoms with van der Waals surface area (Å²) in [6, 6.07) is 9.68. The van der Waals surface area contributed by atoms with Gasteiger partial charge in [-0.3, -0.25) is 0 Å². The second-order valence-corrected chi connectivity index (χ2v) is 7.37. The lowest BCUT2D eigenvalue weighted by Gasteiger charge is -2.01. The van der Waals surface area contributed by atoms with Gasteiger partial charge in [0.2, 0.25) is 10.3 Å². The SMILES string of the molecule is CCCCCCCCCCCCC(C(=O)O)=S(=O)=O.COc1ccccc1. The molecule has 5 nitrogen and oxygen atoms in total.